The second-order valence-electron chi connectivity index (χ2n) is 6.79. The Balaban J connectivity index is 1.57. The number of para-hydroxylation sites is 1. The SMILES string of the molecule is CCCCN(C)C(=O)c1ccc(N2CCN(c3ccccc3)CC2)cn1. The molecule has 1 amide bonds. The molecule has 1 aromatic heterocycles. The molecule has 5 nitrogen and oxygen atoms in total. The van der Waals surface area contributed by atoms with Gasteiger partial charge in [-0.3, -0.25) is 4.79 Å². The Kier molecular flexibility index (Phi) is 6.10. The summed E-state index contributed by atoms with van der Waals surface area (Å²) in [7, 11) is 1.84. The molecule has 1 aromatic carbocycles. The minimum Gasteiger partial charge on any atom is -0.368 e. The van der Waals surface area contributed by atoms with Crippen molar-refractivity contribution in [2.45, 2.75) is 19.8 Å². The maximum atomic E-state index is 12.4. The Bertz CT molecular complexity index is 694. The van der Waals surface area contributed by atoms with Crippen LogP contribution in [0.1, 0.15) is 30.3 Å². The van der Waals surface area contributed by atoms with Crippen molar-refractivity contribution in [3.63, 3.8) is 0 Å². The topological polar surface area (TPSA) is 39.7 Å². The molecule has 5 heteroatoms. The van der Waals surface area contributed by atoms with E-state index in [0.29, 0.717) is 5.69 Å². The van der Waals surface area contributed by atoms with Gasteiger partial charge in [0.15, 0.2) is 0 Å². The molecule has 2 aromatic rings. The van der Waals surface area contributed by atoms with Crippen molar-refractivity contribution in [3.05, 3.63) is 54.4 Å². The lowest BCUT2D eigenvalue weighted by molar-refractivity contribution is 0.0787. The Hall–Kier alpha value is -2.56. The van der Waals surface area contributed by atoms with Crippen LogP contribution in [0.3, 0.4) is 0 Å². The van der Waals surface area contributed by atoms with Crippen LogP contribution >= 0.6 is 0 Å². The highest BCUT2D eigenvalue weighted by Gasteiger charge is 2.18. The second kappa shape index (κ2) is 8.70. The third-order valence-electron chi connectivity index (χ3n) is 4.93. The van der Waals surface area contributed by atoms with Crippen molar-refractivity contribution >= 4 is 17.3 Å². The number of hydrogen-bond acceptors (Lipinski definition) is 4. The molecule has 26 heavy (non-hydrogen) atoms. The number of carbonyl (C=O) groups excluding carboxylic acids is 1. The van der Waals surface area contributed by atoms with Gasteiger partial charge in [0.1, 0.15) is 5.69 Å². The van der Waals surface area contributed by atoms with Crippen molar-refractivity contribution < 1.29 is 4.79 Å². The van der Waals surface area contributed by atoms with Crippen LogP contribution in [0.15, 0.2) is 48.7 Å². The lowest BCUT2D eigenvalue weighted by Crippen LogP contribution is -2.46. The average molecular weight is 352 g/mol. The number of benzene rings is 1. The Morgan fingerprint density at radius 3 is 2.23 bits per heavy atom. The van der Waals surface area contributed by atoms with Crippen molar-refractivity contribution in [2.75, 3.05) is 49.6 Å². The van der Waals surface area contributed by atoms with Crippen LogP contribution in [0.25, 0.3) is 0 Å². The fourth-order valence-corrected chi connectivity index (χ4v) is 3.25. The van der Waals surface area contributed by atoms with Crippen molar-refractivity contribution in [1.82, 2.24) is 9.88 Å². The molecule has 3 rings (SSSR count). The summed E-state index contributed by atoms with van der Waals surface area (Å²) in [5, 5.41) is 0. The molecule has 1 fully saturated rings. The molecule has 138 valence electrons. The number of carbonyl (C=O) groups is 1. The Morgan fingerprint density at radius 2 is 1.65 bits per heavy atom. The predicted molar refractivity (Wildman–Crippen MR) is 107 cm³/mol. The monoisotopic (exact) mass is 352 g/mol. The van der Waals surface area contributed by atoms with Gasteiger partial charge < -0.3 is 14.7 Å². The molecule has 1 aliphatic heterocycles. The van der Waals surface area contributed by atoms with Gasteiger partial charge >= 0.3 is 0 Å². The normalized spacial score (nSPS) is 14.4. The van der Waals surface area contributed by atoms with Gasteiger partial charge in [0.2, 0.25) is 0 Å². The molecule has 1 aliphatic rings. The number of rotatable bonds is 6. The van der Waals surface area contributed by atoms with Crippen LogP contribution in [-0.4, -0.2) is 55.6 Å². The van der Waals surface area contributed by atoms with E-state index in [1.54, 1.807) is 4.90 Å². The highest BCUT2D eigenvalue weighted by atomic mass is 16.2. The molecule has 0 atom stereocenters. The summed E-state index contributed by atoms with van der Waals surface area (Å²) < 4.78 is 0. The number of amides is 1. The van der Waals surface area contributed by atoms with E-state index in [-0.39, 0.29) is 5.91 Å². The van der Waals surface area contributed by atoms with Gasteiger partial charge in [0, 0.05) is 45.5 Å². The molecule has 0 N–H and O–H groups in total. The lowest BCUT2D eigenvalue weighted by Gasteiger charge is -2.37. The summed E-state index contributed by atoms with van der Waals surface area (Å²) in [6, 6.07) is 14.4. The smallest absolute Gasteiger partial charge is 0.272 e. The summed E-state index contributed by atoms with van der Waals surface area (Å²) >= 11 is 0. The first-order valence-corrected chi connectivity index (χ1v) is 9.45. The van der Waals surface area contributed by atoms with E-state index in [1.807, 2.05) is 31.4 Å². The third kappa shape index (κ3) is 4.34. The summed E-state index contributed by atoms with van der Waals surface area (Å²) in [4.78, 5) is 23.3. The molecular formula is C21H28N4O. The third-order valence-corrected chi connectivity index (χ3v) is 4.93. The largest absolute Gasteiger partial charge is 0.368 e. The van der Waals surface area contributed by atoms with Gasteiger partial charge in [0.25, 0.3) is 5.91 Å². The highest BCUT2D eigenvalue weighted by molar-refractivity contribution is 5.92. The summed E-state index contributed by atoms with van der Waals surface area (Å²) in [5.41, 5.74) is 2.89. The standard InChI is InChI=1S/C21H28N4O/c1-3-4-12-23(2)21(26)20-11-10-19(17-22-20)25-15-13-24(14-16-25)18-8-6-5-7-9-18/h5-11,17H,3-4,12-16H2,1-2H3. The Morgan fingerprint density at radius 1 is 1.00 bits per heavy atom. The van der Waals surface area contributed by atoms with Crippen LogP contribution in [-0.2, 0) is 0 Å². The lowest BCUT2D eigenvalue weighted by atomic mass is 10.2. The number of nitrogens with zero attached hydrogens (tertiary/aromatic N) is 4. The molecule has 0 saturated carbocycles. The first-order valence-electron chi connectivity index (χ1n) is 9.45. The number of hydrogen-bond donors (Lipinski definition) is 0. The zero-order chi connectivity index (χ0) is 18.4. The van der Waals surface area contributed by atoms with Crippen molar-refractivity contribution in [3.8, 4) is 0 Å². The van der Waals surface area contributed by atoms with E-state index in [0.717, 1.165) is 51.3 Å². The predicted octanol–water partition coefficient (Wildman–Crippen LogP) is 3.28. The van der Waals surface area contributed by atoms with Gasteiger partial charge in [-0.2, -0.15) is 0 Å². The van der Waals surface area contributed by atoms with Gasteiger partial charge in [-0.15, -0.1) is 0 Å². The summed E-state index contributed by atoms with van der Waals surface area (Å²) in [6.07, 6.45) is 3.93. The summed E-state index contributed by atoms with van der Waals surface area (Å²) in [6.45, 7) is 6.80. The van der Waals surface area contributed by atoms with Crippen LogP contribution in [0.4, 0.5) is 11.4 Å². The van der Waals surface area contributed by atoms with E-state index in [4.69, 9.17) is 0 Å². The first kappa shape index (κ1) is 18.2. The number of aromatic nitrogens is 1. The minimum absolute atomic E-state index is 0.00102. The number of unbranched alkanes of at least 4 members (excludes halogenated alkanes) is 1. The molecule has 0 aliphatic carbocycles. The quantitative estimate of drug-likeness (QED) is 0.800. The van der Waals surface area contributed by atoms with Gasteiger partial charge in [-0.1, -0.05) is 31.5 Å². The second-order valence-corrected chi connectivity index (χ2v) is 6.79. The van der Waals surface area contributed by atoms with E-state index in [9.17, 15) is 4.79 Å². The van der Waals surface area contributed by atoms with E-state index in [1.165, 1.54) is 5.69 Å². The zero-order valence-corrected chi connectivity index (χ0v) is 15.8. The maximum absolute atomic E-state index is 12.4. The van der Waals surface area contributed by atoms with Crippen molar-refractivity contribution in [2.24, 2.45) is 0 Å². The first-order chi connectivity index (χ1) is 12.7. The number of piperazine rings is 1. The zero-order valence-electron chi connectivity index (χ0n) is 15.8. The molecule has 0 bridgehead atoms. The van der Waals surface area contributed by atoms with E-state index >= 15 is 0 Å². The molecular weight excluding hydrogens is 324 g/mol. The van der Waals surface area contributed by atoms with Crippen LogP contribution in [0, 0.1) is 0 Å². The van der Waals surface area contributed by atoms with Crippen LogP contribution in [0.2, 0.25) is 0 Å². The molecule has 0 spiro atoms. The van der Waals surface area contributed by atoms with Crippen LogP contribution < -0.4 is 9.80 Å². The van der Waals surface area contributed by atoms with E-state index in [2.05, 4.69) is 46.0 Å². The van der Waals surface area contributed by atoms with Gasteiger partial charge in [0.05, 0.1) is 11.9 Å². The molecule has 2 heterocycles. The molecule has 1 saturated heterocycles. The fourth-order valence-electron chi connectivity index (χ4n) is 3.25. The fraction of sp³-hybridized carbons (Fsp3) is 0.429. The summed E-state index contributed by atoms with van der Waals surface area (Å²) in [5.74, 6) is -0.00102. The molecule has 0 radical (unpaired) electrons. The molecule has 0 unspecified atom stereocenters. The number of anilines is 2. The maximum Gasteiger partial charge on any atom is 0.272 e. The van der Waals surface area contributed by atoms with Gasteiger partial charge in [-0.05, 0) is 30.7 Å². The Labute approximate surface area is 156 Å². The van der Waals surface area contributed by atoms with Crippen molar-refractivity contribution in [1.29, 1.82) is 0 Å². The average Bonchev–Trinajstić information content (AvgIpc) is 2.72. The number of pyridine rings is 1. The minimum atomic E-state index is -0.00102. The van der Waals surface area contributed by atoms with E-state index < -0.39 is 0 Å². The van der Waals surface area contributed by atoms with Crippen LogP contribution in [0.5, 0.6) is 0 Å². The highest BCUT2D eigenvalue weighted by Crippen LogP contribution is 2.20. The van der Waals surface area contributed by atoms with Gasteiger partial charge in [-0.25, -0.2) is 4.98 Å².